The van der Waals surface area contributed by atoms with Gasteiger partial charge in [0.05, 0.1) is 24.2 Å². The summed E-state index contributed by atoms with van der Waals surface area (Å²) in [5.41, 5.74) is 6.82. The summed E-state index contributed by atoms with van der Waals surface area (Å²) >= 11 is 0. The number of aromatic nitrogens is 2. The molecule has 148 valence electrons. The van der Waals surface area contributed by atoms with Crippen LogP contribution in [0, 0.1) is 11.3 Å². The molecule has 1 aromatic heterocycles. The van der Waals surface area contributed by atoms with E-state index >= 15 is 0 Å². The first-order chi connectivity index (χ1) is 13.8. The number of aliphatic hydroxyl groups excluding tert-OH is 1. The molecule has 29 heavy (non-hydrogen) atoms. The fraction of sp³-hybridized carbons (Fsp3) is 0.286. The van der Waals surface area contributed by atoms with Gasteiger partial charge < -0.3 is 15.6 Å². The summed E-state index contributed by atoms with van der Waals surface area (Å²) < 4.78 is 11.5. The van der Waals surface area contributed by atoms with Gasteiger partial charge in [-0.25, -0.2) is 4.48 Å². The largest absolute Gasteiger partial charge is 0.484 e. The molecule has 3 atom stereocenters. The maximum absolute atomic E-state index is 11.4. The second-order valence-electron chi connectivity index (χ2n) is 7.81. The molecule has 1 aliphatic heterocycles. The van der Waals surface area contributed by atoms with Crippen LogP contribution < -0.4 is 15.0 Å². The Morgan fingerprint density at radius 3 is 2.55 bits per heavy atom. The van der Waals surface area contributed by atoms with Crippen LogP contribution in [0.2, 0.25) is 0 Å². The molecule has 3 N–H and O–H groups in total. The number of benzene rings is 2. The predicted octanol–water partition coefficient (Wildman–Crippen LogP) is 3.07. The molecular formula is C21H22N5O3+. The second kappa shape index (κ2) is 6.58. The third kappa shape index (κ3) is 2.92. The quantitative estimate of drug-likeness (QED) is 0.658. The highest BCUT2D eigenvalue weighted by Crippen LogP contribution is 2.50. The van der Waals surface area contributed by atoms with Crippen molar-refractivity contribution in [2.24, 2.45) is 0 Å². The van der Waals surface area contributed by atoms with Gasteiger partial charge in [-0.05, 0) is 49.3 Å². The number of rotatable bonds is 3. The third-order valence-electron chi connectivity index (χ3n) is 5.52. The van der Waals surface area contributed by atoms with E-state index in [1.807, 2.05) is 51.2 Å². The molecule has 0 fully saturated rings. The number of likely N-dealkylation sites (N-methyl/N-ethyl adjacent to an activating group) is 1. The third-order valence-corrected chi connectivity index (χ3v) is 5.52. The molecule has 2 heterocycles. The van der Waals surface area contributed by atoms with Gasteiger partial charge in [-0.3, -0.25) is 4.52 Å². The molecule has 0 saturated carbocycles. The van der Waals surface area contributed by atoms with Crippen LogP contribution in [0.15, 0.2) is 53.1 Å². The predicted molar refractivity (Wildman–Crippen MR) is 107 cm³/mol. The Hall–Kier alpha value is -3.41. The van der Waals surface area contributed by atoms with Crippen LogP contribution >= 0.6 is 0 Å². The first kappa shape index (κ1) is 18.9. The summed E-state index contributed by atoms with van der Waals surface area (Å²) in [6.45, 7) is 3.65. The summed E-state index contributed by atoms with van der Waals surface area (Å²) in [5, 5.41) is 24.6. The Labute approximate surface area is 168 Å². The monoisotopic (exact) mass is 392 g/mol. The van der Waals surface area contributed by atoms with E-state index in [-0.39, 0.29) is 16.4 Å². The van der Waals surface area contributed by atoms with Gasteiger partial charge >= 0.3 is 6.01 Å². The summed E-state index contributed by atoms with van der Waals surface area (Å²) in [6.07, 6.45) is -0.956. The molecule has 0 spiro atoms. The molecular weight excluding hydrogens is 370 g/mol. The standard InChI is InChI=1S/C21H22N5O3/c1-21(2)18(27)17(15-11-13(12-22)9-10-16(15)28-21)26(3,14-7-5-4-6-8-14)20-24-19(23)25-29-20/h4-11,17-18,27H,1-3H3,(H2,23,25)/q+1/t17-,18+,26?/m0/s1. The highest BCUT2D eigenvalue weighted by Gasteiger charge is 2.56. The van der Waals surface area contributed by atoms with E-state index in [2.05, 4.69) is 16.2 Å². The van der Waals surface area contributed by atoms with Crippen molar-refractivity contribution >= 4 is 17.7 Å². The highest BCUT2D eigenvalue weighted by molar-refractivity contribution is 5.57. The molecule has 1 unspecified atom stereocenters. The maximum Gasteiger partial charge on any atom is 0.434 e. The van der Waals surface area contributed by atoms with Gasteiger partial charge in [0, 0.05) is 0 Å². The van der Waals surface area contributed by atoms with Gasteiger partial charge in [-0.15, -0.1) is 4.98 Å². The zero-order valence-corrected chi connectivity index (χ0v) is 16.4. The Morgan fingerprint density at radius 2 is 1.93 bits per heavy atom. The summed E-state index contributed by atoms with van der Waals surface area (Å²) in [4.78, 5) is 4.29. The molecule has 0 aliphatic carbocycles. The van der Waals surface area contributed by atoms with E-state index in [4.69, 9.17) is 15.0 Å². The zero-order chi connectivity index (χ0) is 20.8. The van der Waals surface area contributed by atoms with Crippen molar-refractivity contribution in [1.29, 1.82) is 5.26 Å². The number of aliphatic hydroxyl groups is 1. The number of hydrogen-bond donors (Lipinski definition) is 2. The number of nitrogens with zero attached hydrogens (tertiary/aromatic N) is 4. The number of quaternary nitrogens is 1. The molecule has 8 nitrogen and oxygen atoms in total. The average Bonchev–Trinajstić information content (AvgIpc) is 3.15. The minimum atomic E-state index is -0.956. The van der Waals surface area contributed by atoms with E-state index in [1.54, 1.807) is 18.2 Å². The van der Waals surface area contributed by atoms with Crippen LogP contribution in [0.5, 0.6) is 5.75 Å². The van der Waals surface area contributed by atoms with Crippen LogP contribution in [-0.2, 0) is 0 Å². The molecule has 0 bridgehead atoms. The maximum atomic E-state index is 11.4. The van der Waals surface area contributed by atoms with Crippen molar-refractivity contribution in [3.8, 4) is 11.8 Å². The first-order valence-electron chi connectivity index (χ1n) is 9.20. The van der Waals surface area contributed by atoms with E-state index in [0.717, 1.165) is 5.69 Å². The highest BCUT2D eigenvalue weighted by atomic mass is 16.5. The Kier molecular flexibility index (Phi) is 4.30. The summed E-state index contributed by atoms with van der Waals surface area (Å²) in [5.74, 6) is 0.601. The molecule has 3 aromatic rings. The smallest absolute Gasteiger partial charge is 0.434 e. The van der Waals surface area contributed by atoms with Gasteiger partial charge in [0.15, 0.2) is 12.1 Å². The lowest BCUT2D eigenvalue weighted by molar-refractivity contribution is -0.0818. The number of nitrogens with two attached hydrogens (primary N) is 1. The number of ether oxygens (including phenoxy) is 1. The normalized spacial score (nSPS) is 22.0. The minimum Gasteiger partial charge on any atom is -0.484 e. The van der Waals surface area contributed by atoms with Crippen LogP contribution in [0.25, 0.3) is 0 Å². The lowest BCUT2D eigenvalue weighted by Crippen LogP contribution is -2.59. The number of fused-ring (bicyclic) bond motifs is 1. The van der Waals surface area contributed by atoms with Crippen molar-refractivity contribution < 1.29 is 14.4 Å². The molecule has 8 heteroatoms. The van der Waals surface area contributed by atoms with Crippen molar-refractivity contribution in [2.45, 2.75) is 31.6 Å². The molecule has 0 radical (unpaired) electrons. The SMILES string of the molecule is CC1(C)Oc2ccc(C#N)cc2[C@H]([N+](C)(c2ccccc2)c2nc(N)no2)[C@H]1O. The van der Waals surface area contributed by atoms with Crippen molar-refractivity contribution in [2.75, 3.05) is 12.8 Å². The lowest BCUT2D eigenvalue weighted by Gasteiger charge is -2.47. The zero-order valence-electron chi connectivity index (χ0n) is 16.4. The molecule has 0 amide bonds. The Balaban J connectivity index is 2.03. The molecule has 0 saturated heterocycles. The fourth-order valence-electron chi connectivity index (χ4n) is 3.94. The average molecular weight is 392 g/mol. The number of nitrogen functional groups attached to an aromatic ring is 1. The van der Waals surface area contributed by atoms with E-state index < -0.39 is 17.7 Å². The molecule has 4 rings (SSSR count). The lowest BCUT2D eigenvalue weighted by atomic mass is 9.83. The van der Waals surface area contributed by atoms with Crippen molar-refractivity contribution in [3.05, 3.63) is 59.7 Å². The number of hydrogen-bond acceptors (Lipinski definition) is 7. The van der Waals surface area contributed by atoms with Crippen LogP contribution in [-0.4, -0.2) is 34.0 Å². The van der Waals surface area contributed by atoms with Crippen LogP contribution in [0.1, 0.15) is 31.0 Å². The van der Waals surface area contributed by atoms with Gasteiger partial charge in [0.2, 0.25) is 0 Å². The van der Waals surface area contributed by atoms with Crippen LogP contribution in [0.4, 0.5) is 17.7 Å². The first-order valence-corrected chi connectivity index (χ1v) is 9.20. The Morgan fingerprint density at radius 1 is 1.21 bits per heavy atom. The van der Waals surface area contributed by atoms with Gasteiger partial charge in [0.25, 0.3) is 5.95 Å². The van der Waals surface area contributed by atoms with Gasteiger partial charge in [-0.2, -0.15) is 5.26 Å². The van der Waals surface area contributed by atoms with Crippen molar-refractivity contribution in [3.63, 3.8) is 0 Å². The van der Waals surface area contributed by atoms with Crippen molar-refractivity contribution in [1.82, 2.24) is 14.6 Å². The number of para-hydroxylation sites is 1. The topological polar surface area (TPSA) is 118 Å². The minimum absolute atomic E-state index is 0.00656. The Bertz CT molecular complexity index is 1090. The van der Waals surface area contributed by atoms with Crippen LogP contribution in [0.3, 0.4) is 0 Å². The van der Waals surface area contributed by atoms with E-state index in [1.165, 1.54) is 0 Å². The molecule has 2 aromatic carbocycles. The second-order valence-corrected chi connectivity index (χ2v) is 7.81. The summed E-state index contributed by atoms with van der Waals surface area (Å²) in [6, 6.07) is 16.5. The number of anilines is 1. The van der Waals surface area contributed by atoms with E-state index in [9.17, 15) is 10.4 Å². The fourth-order valence-corrected chi connectivity index (χ4v) is 3.94. The molecule has 1 aliphatic rings. The van der Waals surface area contributed by atoms with Gasteiger partial charge in [-0.1, -0.05) is 18.2 Å². The van der Waals surface area contributed by atoms with Gasteiger partial charge in [0.1, 0.15) is 17.0 Å². The number of nitriles is 1. The summed E-state index contributed by atoms with van der Waals surface area (Å²) in [7, 11) is 1.88. The van der Waals surface area contributed by atoms with E-state index in [0.29, 0.717) is 16.9 Å².